The summed E-state index contributed by atoms with van der Waals surface area (Å²) in [6, 6.07) is 5.47. The number of aromatic nitrogens is 3. The Hall–Kier alpha value is -2.41. The van der Waals surface area contributed by atoms with Crippen LogP contribution in [0, 0.1) is 0 Å². The number of anilines is 1. The Morgan fingerprint density at radius 2 is 2.08 bits per heavy atom. The van der Waals surface area contributed by atoms with Crippen LogP contribution in [-0.4, -0.2) is 58.8 Å². The first-order valence-corrected chi connectivity index (χ1v) is 8.42. The lowest BCUT2D eigenvalue weighted by Crippen LogP contribution is -2.43. The van der Waals surface area contributed by atoms with Crippen LogP contribution in [0.4, 0.5) is 5.82 Å². The molecule has 2 fully saturated rings. The molecule has 0 aromatic carbocycles. The molecule has 0 unspecified atom stereocenters. The fourth-order valence-electron chi connectivity index (χ4n) is 3.39. The summed E-state index contributed by atoms with van der Waals surface area (Å²) in [6.07, 6.45) is 5.80. The van der Waals surface area contributed by atoms with Crippen molar-refractivity contribution >= 4 is 11.7 Å². The minimum atomic E-state index is -0.128. The van der Waals surface area contributed by atoms with E-state index in [0.29, 0.717) is 25.3 Å². The molecule has 4 heterocycles. The lowest BCUT2D eigenvalue weighted by atomic mass is 10.1. The molecule has 0 aliphatic carbocycles. The maximum Gasteiger partial charge on any atom is 0.254 e. The van der Waals surface area contributed by atoms with Gasteiger partial charge in [-0.3, -0.25) is 9.89 Å². The molecule has 7 nitrogen and oxygen atoms in total. The van der Waals surface area contributed by atoms with Crippen LogP contribution in [0.3, 0.4) is 0 Å². The zero-order valence-electron chi connectivity index (χ0n) is 13.5. The van der Waals surface area contributed by atoms with Gasteiger partial charge in [-0.25, -0.2) is 4.98 Å². The van der Waals surface area contributed by atoms with E-state index in [0.717, 1.165) is 24.6 Å². The van der Waals surface area contributed by atoms with Crippen molar-refractivity contribution in [1.29, 1.82) is 0 Å². The monoisotopic (exact) mass is 327 g/mol. The highest BCUT2D eigenvalue weighted by atomic mass is 16.5. The molecule has 24 heavy (non-hydrogen) atoms. The van der Waals surface area contributed by atoms with Crippen LogP contribution in [0.15, 0.2) is 30.6 Å². The number of aromatic amines is 1. The van der Waals surface area contributed by atoms with E-state index < -0.39 is 0 Å². The number of nitrogens with zero attached hydrogens (tertiary/aromatic N) is 4. The summed E-state index contributed by atoms with van der Waals surface area (Å²) < 4.78 is 5.56. The molecule has 0 saturated carbocycles. The van der Waals surface area contributed by atoms with E-state index in [2.05, 4.69) is 20.1 Å². The summed E-state index contributed by atoms with van der Waals surface area (Å²) >= 11 is 0. The highest BCUT2D eigenvalue weighted by molar-refractivity contribution is 5.95. The van der Waals surface area contributed by atoms with Gasteiger partial charge in [0.25, 0.3) is 5.91 Å². The second-order valence-corrected chi connectivity index (χ2v) is 6.20. The van der Waals surface area contributed by atoms with Gasteiger partial charge in [0.2, 0.25) is 0 Å². The van der Waals surface area contributed by atoms with Gasteiger partial charge in [-0.15, -0.1) is 0 Å². The van der Waals surface area contributed by atoms with Crippen LogP contribution in [0.25, 0.3) is 0 Å². The van der Waals surface area contributed by atoms with Crippen molar-refractivity contribution in [3.8, 4) is 0 Å². The summed E-state index contributed by atoms with van der Waals surface area (Å²) in [4.78, 5) is 21.6. The van der Waals surface area contributed by atoms with Crippen LogP contribution in [-0.2, 0) is 4.74 Å². The van der Waals surface area contributed by atoms with E-state index in [9.17, 15) is 4.79 Å². The van der Waals surface area contributed by atoms with E-state index in [1.807, 2.05) is 17.0 Å². The minimum absolute atomic E-state index is 0.0146. The van der Waals surface area contributed by atoms with Crippen LogP contribution in [0.5, 0.6) is 0 Å². The number of ether oxygens (including phenoxy) is 1. The van der Waals surface area contributed by atoms with Crippen LogP contribution >= 0.6 is 0 Å². The molecule has 1 N–H and O–H groups in total. The molecule has 1 amide bonds. The van der Waals surface area contributed by atoms with Crippen LogP contribution < -0.4 is 4.90 Å². The number of H-pyrrole nitrogens is 1. The Morgan fingerprint density at radius 1 is 1.21 bits per heavy atom. The maximum absolute atomic E-state index is 13.1. The fraction of sp³-hybridized carbons (Fsp3) is 0.471. The van der Waals surface area contributed by atoms with Gasteiger partial charge in [-0.05, 0) is 31.0 Å². The zero-order valence-corrected chi connectivity index (χ0v) is 13.5. The molecule has 2 aromatic rings. The number of nitrogens with one attached hydrogen (secondary N) is 1. The second-order valence-electron chi connectivity index (χ2n) is 6.20. The third-order valence-electron chi connectivity index (χ3n) is 4.69. The highest BCUT2D eigenvalue weighted by Gasteiger charge is 2.30. The SMILES string of the molecule is O=C(c1ccnc(N2CCCC2)c1)N1CCOC[C@@H]1c1ccn[nH]1. The van der Waals surface area contributed by atoms with Gasteiger partial charge >= 0.3 is 0 Å². The van der Waals surface area contributed by atoms with Gasteiger partial charge in [-0.2, -0.15) is 5.10 Å². The largest absolute Gasteiger partial charge is 0.377 e. The molecular weight excluding hydrogens is 306 g/mol. The molecule has 7 heteroatoms. The molecule has 0 spiro atoms. The Labute approximate surface area is 140 Å². The second kappa shape index (κ2) is 6.60. The summed E-state index contributed by atoms with van der Waals surface area (Å²) in [5.41, 5.74) is 1.58. The third kappa shape index (κ3) is 2.87. The molecule has 0 radical (unpaired) electrons. The number of hydrogen-bond donors (Lipinski definition) is 1. The first kappa shape index (κ1) is 15.1. The van der Waals surface area contributed by atoms with E-state index in [1.54, 1.807) is 18.5 Å². The van der Waals surface area contributed by atoms with Crippen molar-refractivity contribution in [1.82, 2.24) is 20.1 Å². The number of rotatable bonds is 3. The smallest absolute Gasteiger partial charge is 0.254 e. The van der Waals surface area contributed by atoms with Gasteiger partial charge in [0.15, 0.2) is 0 Å². The molecule has 2 saturated heterocycles. The van der Waals surface area contributed by atoms with Crippen molar-refractivity contribution in [3.05, 3.63) is 41.9 Å². The van der Waals surface area contributed by atoms with Gasteiger partial charge in [-0.1, -0.05) is 0 Å². The molecule has 1 atom stereocenters. The molecule has 2 aliphatic rings. The normalized spacial score (nSPS) is 21.2. The average molecular weight is 327 g/mol. The lowest BCUT2D eigenvalue weighted by Gasteiger charge is -2.35. The molecular formula is C17H21N5O2. The average Bonchev–Trinajstić information content (AvgIpc) is 3.35. The third-order valence-corrected chi connectivity index (χ3v) is 4.69. The van der Waals surface area contributed by atoms with E-state index in [4.69, 9.17) is 4.74 Å². The fourth-order valence-corrected chi connectivity index (χ4v) is 3.39. The van der Waals surface area contributed by atoms with E-state index in [-0.39, 0.29) is 11.9 Å². The molecule has 4 rings (SSSR count). The van der Waals surface area contributed by atoms with Crippen LogP contribution in [0.2, 0.25) is 0 Å². The van der Waals surface area contributed by atoms with Crippen molar-refractivity contribution in [3.63, 3.8) is 0 Å². The van der Waals surface area contributed by atoms with Crippen molar-refractivity contribution in [2.75, 3.05) is 37.7 Å². The minimum Gasteiger partial charge on any atom is -0.377 e. The Kier molecular flexibility index (Phi) is 4.17. The van der Waals surface area contributed by atoms with E-state index in [1.165, 1.54) is 12.8 Å². The maximum atomic E-state index is 13.1. The van der Waals surface area contributed by atoms with Crippen molar-refractivity contribution < 1.29 is 9.53 Å². The molecule has 0 bridgehead atoms. The topological polar surface area (TPSA) is 74.3 Å². The van der Waals surface area contributed by atoms with Gasteiger partial charge in [0, 0.05) is 37.6 Å². The molecule has 2 aromatic heterocycles. The number of carbonyl (C=O) groups is 1. The number of amides is 1. The van der Waals surface area contributed by atoms with Gasteiger partial charge in [0.05, 0.1) is 24.9 Å². The van der Waals surface area contributed by atoms with Crippen molar-refractivity contribution in [2.24, 2.45) is 0 Å². The summed E-state index contributed by atoms with van der Waals surface area (Å²) in [5, 5.41) is 6.95. The van der Waals surface area contributed by atoms with E-state index >= 15 is 0 Å². The Balaban J connectivity index is 1.58. The first-order valence-electron chi connectivity index (χ1n) is 8.42. The quantitative estimate of drug-likeness (QED) is 0.927. The molecule has 126 valence electrons. The summed E-state index contributed by atoms with van der Waals surface area (Å²) in [5.74, 6) is 0.908. The standard InChI is InChI=1S/C17H21N5O2/c23-17(13-3-5-18-16(11-13)21-7-1-2-8-21)22-9-10-24-12-15(22)14-4-6-19-20-14/h3-6,11,15H,1-2,7-10,12H2,(H,19,20)/t15-/m1/s1. The summed E-state index contributed by atoms with van der Waals surface area (Å²) in [7, 11) is 0. The zero-order chi connectivity index (χ0) is 16.4. The van der Waals surface area contributed by atoms with Gasteiger partial charge in [0.1, 0.15) is 5.82 Å². The number of pyridine rings is 1. The number of carbonyl (C=O) groups excluding carboxylic acids is 1. The number of morpholine rings is 1. The van der Waals surface area contributed by atoms with Crippen molar-refractivity contribution in [2.45, 2.75) is 18.9 Å². The van der Waals surface area contributed by atoms with Crippen LogP contribution in [0.1, 0.15) is 34.9 Å². The lowest BCUT2D eigenvalue weighted by molar-refractivity contribution is -0.00391. The first-order chi connectivity index (χ1) is 11.8. The Bertz CT molecular complexity index is 697. The molecule has 2 aliphatic heterocycles. The predicted octanol–water partition coefficient (Wildman–Crippen LogP) is 1.62. The summed E-state index contributed by atoms with van der Waals surface area (Å²) in [6.45, 7) is 3.64. The van der Waals surface area contributed by atoms with Gasteiger partial charge < -0.3 is 14.5 Å². The Morgan fingerprint density at radius 3 is 2.88 bits per heavy atom. The number of hydrogen-bond acceptors (Lipinski definition) is 5. The highest BCUT2D eigenvalue weighted by Crippen LogP contribution is 2.26. The predicted molar refractivity (Wildman–Crippen MR) is 88.9 cm³/mol.